The Kier molecular flexibility index (Phi) is 4.47. The van der Waals surface area contributed by atoms with Gasteiger partial charge in [-0.15, -0.1) is 16.4 Å². The van der Waals surface area contributed by atoms with Gasteiger partial charge in [0.05, 0.1) is 16.6 Å². The Bertz CT molecular complexity index is 1210. The van der Waals surface area contributed by atoms with Crippen molar-refractivity contribution in [2.24, 2.45) is 0 Å². The first-order valence-electron chi connectivity index (χ1n) is 8.48. The van der Waals surface area contributed by atoms with Crippen LogP contribution in [0.2, 0.25) is 0 Å². The van der Waals surface area contributed by atoms with Crippen LogP contribution in [0.15, 0.2) is 35.4 Å². The van der Waals surface area contributed by atoms with Crippen molar-refractivity contribution >= 4 is 27.5 Å². The number of aryl methyl sites for hydroxylation is 2. The molecule has 0 aliphatic heterocycles. The molecule has 3 heterocycles. The van der Waals surface area contributed by atoms with Gasteiger partial charge in [-0.05, 0) is 61.0 Å². The highest BCUT2D eigenvalue weighted by molar-refractivity contribution is 7.18. The SMILES string of the molecule is Cc1sc2nc(C(C)OC(=O)c3ccc(-n4cnnn4)cc3)[nH]c(=O)c2c1C. The highest BCUT2D eigenvalue weighted by Gasteiger charge is 2.19. The zero-order chi connectivity index (χ0) is 19.8. The molecular formula is C18H16N6O3S. The normalized spacial score (nSPS) is 12.2. The summed E-state index contributed by atoms with van der Waals surface area (Å²) in [4.78, 5) is 33.7. The lowest BCUT2D eigenvalue weighted by Gasteiger charge is -2.12. The second kappa shape index (κ2) is 6.97. The molecule has 0 radical (unpaired) electrons. The van der Waals surface area contributed by atoms with E-state index >= 15 is 0 Å². The summed E-state index contributed by atoms with van der Waals surface area (Å²) >= 11 is 1.45. The maximum Gasteiger partial charge on any atom is 0.338 e. The highest BCUT2D eigenvalue weighted by Crippen LogP contribution is 2.27. The molecule has 1 unspecified atom stereocenters. The standard InChI is InChI=1S/C18H16N6O3S/c1-9-11(3)28-17-14(9)16(25)20-15(21-17)10(2)27-18(26)12-4-6-13(7-5-12)24-8-19-22-23-24/h4-8,10H,1-3H3,(H,20,21,25). The second-order valence-corrected chi connectivity index (χ2v) is 7.47. The predicted molar refractivity (Wildman–Crippen MR) is 103 cm³/mol. The summed E-state index contributed by atoms with van der Waals surface area (Å²) in [6.07, 6.45) is 0.758. The molecule has 0 amide bonds. The summed E-state index contributed by atoms with van der Waals surface area (Å²) in [7, 11) is 0. The smallest absolute Gasteiger partial charge is 0.338 e. The van der Waals surface area contributed by atoms with Crippen LogP contribution < -0.4 is 5.56 Å². The van der Waals surface area contributed by atoms with E-state index in [1.165, 1.54) is 22.3 Å². The summed E-state index contributed by atoms with van der Waals surface area (Å²) in [5.74, 6) is -0.200. The molecule has 1 atom stereocenters. The van der Waals surface area contributed by atoms with Gasteiger partial charge in [0.1, 0.15) is 11.2 Å². The topological polar surface area (TPSA) is 116 Å². The minimum Gasteiger partial charge on any atom is -0.451 e. The third-order valence-corrected chi connectivity index (χ3v) is 5.54. The van der Waals surface area contributed by atoms with Crippen LogP contribution in [-0.2, 0) is 4.74 Å². The van der Waals surface area contributed by atoms with Gasteiger partial charge in [0.15, 0.2) is 11.9 Å². The Labute approximate surface area is 163 Å². The quantitative estimate of drug-likeness (QED) is 0.527. The zero-order valence-corrected chi connectivity index (χ0v) is 16.1. The van der Waals surface area contributed by atoms with Crippen LogP contribution in [0, 0.1) is 13.8 Å². The minimum absolute atomic E-state index is 0.226. The van der Waals surface area contributed by atoms with Crippen LogP contribution in [0.3, 0.4) is 0 Å². The van der Waals surface area contributed by atoms with Gasteiger partial charge in [0, 0.05) is 4.88 Å². The van der Waals surface area contributed by atoms with Crippen molar-refractivity contribution in [1.82, 2.24) is 30.2 Å². The third-order valence-electron chi connectivity index (χ3n) is 4.44. The van der Waals surface area contributed by atoms with Gasteiger partial charge < -0.3 is 9.72 Å². The Morgan fingerprint density at radius 2 is 2.00 bits per heavy atom. The molecule has 1 N–H and O–H groups in total. The molecule has 0 saturated carbocycles. The molecule has 10 heteroatoms. The number of aromatic nitrogens is 6. The minimum atomic E-state index is -0.702. The van der Waals surface area contributed by atoms with Crippen LogP contribution >= 0.6 is 11.3 Å². The number of fused-ring (bicyclic) bond motifs is 1. The number of thiophene rings is 1. The monoisotopic (exact) mass is 396 g/mol. The lowest BCUT2D eigenvalue weighted by atomic mass is 10.2. The van der Waals surface area contributed by atoms with Crippen molar-refractivity contribution < 1.29 is 9.53 Å². The number of aromatic amines is 1. The molecule has 142 valence electrons. The number of esters is 1. The molecule has 3 aromatic heterocycles. The lowest BCUT2D eigenvalue weighted by molar-refractivity contribution is 0.0320. The summed E-state index contributed by atoms with van der Waals surface area (Å²) in [5.41, 5.74) is 1.78. The van der Waals surface area contributed by atoms with Gasteiger partial charge >= 0.3 is 5.97 Å². The van der Waals surface area contributed by atoms with Crippen LogP contribution in [-0.4, -0.2) is 36.1 Å². The molecule has 4 rings (SSSR count). The third kappa shape index (κ3) is 3.18. The van der Waals surface area contributed by atoms with Gasteiger partial charge in [0.25, 0.3) is 5.56 Å². The molecular weight excluding hydrogens is 380 g/mol. The molecule has 9 nitrogen and oxygen atoms in total. The van der Waals surface area contributed by atoms with E-state index in [-0.39, 0.29) is 5.56 Å². The van der Waals surface area contributed by atoms with Crippen molar-refractivity contribution in [2.75, 3.05) is 0 Å². The van der Waals surface area contributed by atoms with Gasteiger partial charge in [0.2, 0.25) is 0 Å². The summed E-state index contributed by atoms with van der Waals surface area (Å²) in [6.45, 7) is 5.52. The van der Waals surface area contributed by atoms with Crippen molar-refractivity contribution in [2.45, 2.75) is 26.9 Å². The average molecular weight is 396 g/mol. The maximum absolute atomic E-state index is 12.4. The molecule has 28 heavy (non-hydrogen) atoms. The number of tetrazole rings is 1. The summed E-state index contributed by atoms with van der Waals surface area (Å²) < 4.78 is 6.96. The zero-order valence-electron chi connectivity index (χ0n) is 15.3. The number of benzene rings is 1. The molecule has 0 aliphatic rings. The van der Waals surface area contributed by atoms with E-state index in [4.69, 9.17) is 4.74 Å². The van der Waals surface area contributed by atoms with Crippen molar-refractivity contribution in [1.29, 1.82) is 0 Å². The second-order valence-electron chi connectivity index (χ2n) is 6.26. The summed E-state index contributed by atoms with van der Waals surface area (Å²) in [5, 5.41) is 11.5. The Morgan fingerprint density at radius 3 is 2.68 bits per heavy atom. The fraction of sp³-hybridized carbons (Fsp3) is 0.222. The first-order valence-corrected chi connectivity index (χ1v) is 9.30. The molecule has 4 aromatic rings. The van der Waals surface area contributed by atoms with E-state index in [0.717, 1.165) is 16.1 Å². The number of rotatable bonds is 4. The lowest BCUT2D eigenvalue weighted by Crippen LogP contribution is -2.17. The van der Waals surface area contributed by atoms with E-state index < -0.39 is 12.1 Å². The van der Waals surface area contributed by atoms with E-state index in [1.807, 2.05) is 13.8 Å². The Hall–Kier alpha value is -3.40. The van der Waals surface area contributed by atoms with Gasteiger partial charge in [-0.25, -0.2) is 14.5 Å². The van der Waals surface area contributed by atoms with Crippen LogP contribution in [0.5, 0.6) is 0 Å². The number of carbonyl (C=O) groups is 1. The van der Waals surface area contributed by atoms with Crippen molar-refractivity contribution in [3.05, 3.63) is 62.8 Å². The van der Waals surface area contributed by atoms with Crippen LogP contribution in [0.1, 0.15) is 39.7 Å². The molecule has 0 bridgehead atoms. The first-order chi connectivity index (χ1) is 13.4. The number of hydrogen-bond acceptors (Lipinski definition) is 8. The van der Waals surface area contributed by atoms with E-state index in [0.29, 0.717) is 21.6 Å². The van der Waals surface area contributed by atoms with E-state index in [2.05, 4.69) is 25.5 Å². The van der Waals surface area contributed by atoms with Crippen LogP contribution in [0.4, 0.5) is 0 Å². The average Bonchev–Trinajstić information content (AvgIpc) is 3.31. The Morgan fingerprint density at radius 1 is 1.25 bits per heavy atom. The molecule has 0 fully saturated rings. The largest absolute Gasteiger partial charge is 0.451 e. The van der Waals surface area contributed by atoms with Crippen molar-refractivity contribution in [3.8, 4) is 5.69 Å². The Balaban J connectivity index is 1.54. The molecule has 0 aliphatic carbocycles. The van der Waals surface area contributed by atoms with E-state index in [9.17, 15) is 9.59 Å². The molecule has 1 aromatic carbocycles. The number of hydrogen-bond donors (Lipinski definition) is 1. The molecule has 0 saturated heterocycles. The number of nitrogens with zero attached hydrogens (tertiary/aromatic N) is 5. The van der Waals surface area contributed by atoms with Gasteiger partial charge in [-0.2, -0.15) is 0 Å². The van der Waals surface area contributed by atoms with Gasteiger partial charge in [-0.3, -0.25) is 4.79 Å². The maximum atomic E-state index is 12.4. The highest BCUT2D eigenvalue weighted by atomic mass is 32.1. The van der Waals surface area contributed by atoms with Gasteiger partial charge in [-0.1, -0.05) is 0 Å². The summed E-state index contributed by atoms with van der Waals surface area (Å²) in [6, 6.07) is 6.66. The number of ether oxygens (including phenoxy) is 1. The van der Waals surface area contributed by atoms with Crippen molar-refractivity contribution in [3.63, 3.8) is 0 Å². The molecule has 0 spiro atoms. The fourth-order valence-corrected chi connectivity index (χ4v) is 3.82. The number of H-pyrrole nitrogens is 1. The predicted octanol–water partition coefficient (Wildman–Crippen LogP) is 2.50. The van der Waals surface area contributed by atoms with E-state index in [1.54, 1.807) is 31.2 Å². The number of carbonyl (C=O) groups excluding carboxylic acids is 1. The first kappa shape index (κ1) is 18.0. The fourth-order valence-electron chi connectivity index (χ4n) is 2.78. The van der Waals surface area contributed by atoms with Crippen LogP contribution in [0.25, 0.3) is 15.9 Å². The number of nitrogens with one attached hydrogen (secondary N) is 1.